The Morgan fingerprint density at radius 2 is 2.04 bits per heavy atom. The maximum Gasteiger partial charge on any atom is 0.313 e. The van der Waals surface area contributed by atoms with Gasteiger partial charge in [0.1, 0.15) is 6.10 Å². The molecule has 0 amide bonds. The topological polar surface area (TPSA) is 26.3 Å². The molecule has 0 spiro atoms. The molecule has 0 N–H and O–H groups in total. The smallest absolute Gasteiger partial charge is 0.313 e. The Bertz CT molecular complexity index is 804. The Labute approximate surface area is 136 Å². The monoisotopic (exact) mass is 304 g/mol. The second kappa shape index (κ2) is 5.38. The predicted octanol–water partition coefficient (Wildman–Crippen LogP) is 4.45. The minimum atomic E-state index is -0.474. The number of hydrogen-bond donors (Lipinski definition) is 0. The lowest BCUT2D eigenvalue weighted by Gasteiger charge is -2.29. The molecule has 0 aromatic heterocycles. The van der Waals surface area contributed by atoms with Crippen molar-refractivity contribution in [2.24, 2.45) is 11.3 Å². The minimum absolute atomic E-state index is 0.0529. The van der Waals surface area contributed by atoms with Crippen LogP contribution in [0.4, 0.5) is 0 Å². The van der Waals surface area contributed by atoms with Crippen molar-refractivity contribution in [2.75, 3.05) is 0 Å². The molecule has 0 saturated carbocycles. The molecule has 2 aromatic rings. The Morgan fingerprint density at radius 1 is 1.22 bits per heavy atom. The van der Waals surface area contributed by atoms with Gasteiger partial charge in [-0.05, 0) is 41.7 Å². The van der Waals surface area contributed by atoms with E-state index in [0.29, 0.717) is 12.8 Å². The lowest BCUT2D eigenvalue weighted by Crippen LogP contribution is -2.35. The molecule has 4 rings (SSSR count). The summed E-state index contributed by atoms with van der Waals surface area (Å²) < 4.78 is 5.64. The summed E-state index contributed by atoms with van der Waals surface area (Å²) in [6, 6.07) is 14.8. The molecule has 116 valence electrons. The fourth-order valence-corrected chi connectivity index (χ4v) is 4.16. The summed E-state index contributed by atoms with van der Waals surface area (Å²) in [4.78, 5) is 12.7. The van der Waals surface area contributed by atoms with E-state index < -0.39 is 5.41 Å². The number of rotatable bonds is 4. The number of fused-ring (bicyclic) bond motifs is 2. The Morgan fingerprint density at radius 3 is 2.87 bits per heavy atom. The average Bonchev–Trinajstić information content (AvgIpc) is 3.11. The number of allylic oxidation sites excluding steroid dienone is 2. The van der Waals surface area contributed by atoms with Crippen molar-refractivity contribution >= 4 is 16.7 Å². The van der Waals surface area contributed by atoms with E-state index in [0.717, 1.165) is 6.42 Å². The summed E-state index contributed by atoms with van der Waals surface area (Å²) in [6.45, 7) is 3.88. The van der Waals surface area contributed by atoms with Crippen LogP contribution in [-0.2, 0) is 16.0 Å². The summed E-state index contributed by atoms with van der Waals surface area (Å²) in [5.41, 5.74) is 0.716. The molecule has 1 aliphatic heterocycles. The van der Waals surface area contributed by atoms with Crippen LogP contribution in [-0.4, -0.2) is 12.1 Å². The van der Waals surface area contributed by atoms with Crippen LogP contribution in [0, 0.1) is 11.3 Å². The lowest BCUT2D eigenvalue weighted by atomic mass is 9.69. The Kier molecular flexibility index (Phi) is 3.33. The van der Waals surface area contributed by atoms with Gasteiger partial charge in [0.25, 0.3) is 0 Å². The van der Waals surface area contributed by atoms with Crippen LogP contribution < -0.4 is 0 Å². The van der Waals surface area contributed by atoms with E-state index in [-0.39, 0.29) is 18.0 Å². The molecule has 1 heterocycles. The second-order valence-electron chi connectivity index (χ2n) is 6.65. The third-order valence-electron chi connectivity index (χ3n) is 5.31. The molecule has 23 heavy (non-hydrogen) atoms. The molecule has 1 aliphatic carbocycles. The van der Waals surface area contributed by atoms with Gasteiger partial charge in [-0.2, -0.15) is 0 Å². The number of carbonyl (C=O) groups is 1. The predicted molar refractivity (Wildman–Crippen MR) is 92.0 cm³/mol. The highest BCUT2D eigenvalue weighted by molar-refractivity contribution is 5.84. The number of carbonyl (C=O) groups excluding carboxylic acids is 1. The van der Waals surface area contributed by atoms with Gasteiger partial charge in [-0.15, -0.1) is 6.58 Å². The summed E-state index contributed by atoms with van der Waals surface area (Å²) in [6.07, 6.45) is 8.28. The number of esters is 1. The number of hydrogen-bond acceptors (Lipinski definition) is 2. The Hall–Kier alpha value is -2.35. The fourth-order valence-electron chi connectivity index (χ4n) is 4.16. The first kappa shape index (κ1) is 14.3. The highest BCUT2D eigenvalue weighted by Gasteiger charge is 2.56. The van der Waals surface area contributed by atoms with Gasteiger partial charge in [-0.3, -0.25) is 4.79 Å². The molecule has 2 heteroatoms. The summed E-state index contributed by atoms with van der Waals surface area (Å²) in [5, 5.41) is 2.44. The van der Waals surface area contributed by atoms with E-state index in [9.17, 15) is 4.79 Å². The van der Waals surface area contributed by atoms with E-state index in [1.165, 1.54) is 16.3 Å². The zero-order valence-electron chi connectivity index (χ0n) is 13.1. The summed E-state index contributed by atoms with van der Waals surface area (Å²) in [5.74, 6) is 0.171. The van der Waals surface area contributed by atoms with Gasteiger partial charge >= 0.3 is 5.97 Å². The maximum absolute atomic E-state index is 12.7. The summed E-state index contributed by atoms with van der Waals surface area (Å²) >= 11 is 0. The normalized spacial score (nSPS) is 28.8. The zero-order chi connectivity index (χ0) is 15.9. The first-order chi connectivity index (χ1) is 11.2. The third kappa shape index (κ3) is 2.21. The molecule has 1 saturated heterocycles. The molecule has 2 aromatic carbocycles. The summed E-state index contributed by atoms with van der Waals surface area (Å²) in [7, 11) is 0. The van der Waals surface area contributed by atoms with Gasteiger partial charge in [0.15, 0.2) is 0 Å². The standard InChI is InChI=1S/C21H20O2/c1-2-12-21(18-8-5-9-19(18)23-20(21)22)14-15-10-11-16-6-3-4-7-17(16)13-15/h2-7,9-11,13,18-19H,1,8,12,14H2. The number of benzene rings is 2. The van der Waals surface area contributed by atoms with Gasteiger partial charge < -0.3 is 4.74 Å². The van der Waals surface area contributed by atoms with E-state index in [1.807, 2.05) is 24.3 Å². The minimum Gasteiger partial charge on any atom is -0.457 e. The van der Waals surface area contributed by atoms with Crippen LogP contribution in [0.1, 0.15) is 18.4 Å². The average molecular weight is 304 g/mol. The Balaban J connectivity index is 1.73. The van der Waals surface area contributed by atoms with Crippen LogP contribution in [0.25, 0.3) is 10.8 Å². The number of ether oxygens (including phenoxy) is 1. The highest BCUT2D eigenvalue weighted by Crippen LogP contribution is 2.50. The van der Waals surface area contributed by atoms with Crippen molar-refractivity contribution in [2.45, 2.75) is 25.4 Å². The van der Waals surface area contributed by atoms with E-state index in [1.54, 1.807) is 0 Å². The lowest BCUT2D eigenvalue weighted by molar-refractivity contribution is -0.148. The maximum atomic E-state index is 12.7. The van der Waals surface area contributed by atoms with Crippen LogP contribution in [0.15, 0.2) is 67.3 Å². The van der Waals surface area contributed by atoms with Gasteiger partial charge in [0.2, 0.25) is 0 Å². The van der Waals surface area contributed by atoms with Crippen molar-refractivity contribution in [3.8, 4) is 0 Å². The van der Waals surface area contributed by atoms with Crippen molar-refractivity contribution in [1.29, 1.82) is 0 Å². The van der Waals surface area contributed by atoms with E-state index >= 15 is 0 Å². The van der Waals surface area contributed by atoms with Crippen molar-refractivity contribution in [1.82, 2.24) is 0 Å². The molecule has 2 aliphatic rings. The first-order valence-electron chi connectivity index (χ1n) is 8.19. The largest absolute Gasteiger partial charge is 0.457 e. The third-order valence-corrected chi connectivity index (χ3v) is 5.31. The van der Waals surface area contributed by atoms with Crippen LogP contribution in [0.5, 0.6) is 0 Å². The zero-order valence-corrected chi connectivity index (χ0v) is 13.1. The van der Waals surface area contributed by atoms with Gasteiger partial charge in [0, 0.05) is 5.92 Å². The van der Waals surface area contributed by atoms with E-state index in [4.69, 9.17) is 4.74 Å². The van der Waals surface area contributed by atoms with Crippen LogP contribution in [0.3, 0.4) is 0 Å². The molecular formula is C21H20O2. The molecule has 3 unspecified atom stereocenters. The first-order valence-corrected chi connectivity index (χ1v) is 8.19. The quantitative estimate of drug-likeness (QED) is 0.616. The van der Waals surface area contributed by atoms with Crippen LogP contribution >= 0.6 is 0 Å². The molecule has 0 radical (unpaired) electrons. The highest BCUT2D eigenvalue weighted by atomic mass is 16.6. The van der Waals surface area contributed by atoms with E-state index in [2.05, 4.69) is 43.0 Å². The second-order valence-corrected chi connectivity index (χ2v) is 6.65. The molecule has 3 atom stereocenters. The fraction of sp³-hybridized carbons (Fsp3) is 0.286. The molecule has 1 fully saturated rings. The van der Waals surface area contributed by atoms with Gasteiger partial charge in [-0.25, -0.2) is 0 Å². The SMILES string of the molecule is C=CCC1(Cc2ccc3ccccc3c2)C(=O)OC2C=CCC21. The van der Waals surface area contributed by atoms with Crippen molar-refractivity contribution in [3.05, 3.63) is 72.8 Å². The molecule has 2 nitrogen and oxygen atoms in total. The molecular weight excluding hydrogens is 284 g/mol. The van der Waals surface area contributed by atoms with Gasteiger partial charge in [-0.1, -0.05) is 54.6 Å². The van der Waals surface area contributed by atoms with Crippen LogP contribution in [0.2, 0.25) is 0 Å². The van der Waals surface area contributed by atoms with Crippen molar-refractivity contribution in [3.63, 3.8) is 0 Å². The molecule has 0 bridgehead atoms. The van der Waals surface area contributed by atoms with Crippen molar-refractivity contribution < 1.29 is 9.53 Å². The van der Waals surface area contributed by atoms with Gasteiger partial charge in [0.05, 0.1) is 5.41 Å².